The first-order chi connectivity index (χ1) is 15.0. The Morgan fingerprint density at radius 2 is 1.97 bits per heavy atom. The first-order valence-electron chi connectivity index (χ1n) is 9.93. The minimum Gasteiger partial charge on any atom is -0.365 e. The van der Waals surface area contributed by atoms with Gasteiger partial charge in [0.2, 0.25) is 0 Å². The molecule has 5 rings (SSSR count). The lowest BCUT2D eigenvalue weighted by Gasteiger charge is -2.06. The molecular formula is C23H21N5O2S. The highest BCUT2D eigenvalue weighted by Crippen LogP contribution is 2.32. The summed E-state index contributed by atoms with van der Waals surface area (Å²) in [5, 5.41) is 11.8. The average molecular weight is 432 g/mol. The summed E-state index contributed by atoms with van der Waals surface area (Å²) >= 11 is 1.62. The number of anilines is 1. The summed E-state index contributed by atoms with van der Waals surface area (Å²) in [6.07, 6.45) is 1.75. The Morgan fingerprint density at radius 1 is 1.16 bits per heavy atom. The predicted octanol–water partition coefficient (Wildman–Crippen LogP) is 5.02. The molecule has 3 N–H and O–H groups in total. The number of aryl methyl sites for hydroxylation is 2. The van der Waals surface area contributed by atoms with E-state index in [0.717, 1.165) is 54.4 Å². The zero-order valence-electron chi connectivity index (χ0n) is 17.4. The van der Waals surface area contributed by atoms with Gasteiger partial charge in [-0.2, -0.15) is 0 Å². The van der Waals surface area contributed by atoms with E-state index in [4.69, 9.17) is 4.52 Å². The SMILES string of the molecule is CNc1nc2ccc(-c3ccc4[nH]cc(C(=O)NCc5c(C)noc5C)c4c3)cc2s1. The molecule has 0 saturated carbocycles. The van der Waals surface area contributed by atoms with Crippen molar-refractivity contribution in [1.29, 1.82) is 0 Å². The maximum atomic E-state index is 12.9. The second-order valence-electron chi connectivity index (χ2n) is 7.40. The summed E-state index contributed by atoms with van der Waals surface area (Å²) in [6.45, 7) is 4.09. The number of carbonyl (C=O) groups excluding carboxylic acids is 1. The van der Waals surface area contributed by atoms with Crippen molar-refractivity contribution in [3.8, 4) is 11.1 Å². The van der Waals surface area contributed by atoms with E-state index < -0.39 is 0 Å². The Balaban J connectivity index is 1.46. The fourth-order valence-electron chi connectivity index (χ4n) is 3.72. The Morgan fingerprint density at radius 3 is 2.74 bits per heavy atom. The number of fused-ring (bicyclic) bond motifs is 2. The molecule has 0 saturated heterocycles. The summed E-state index contributed by atoms with van der Waals surface area (Å²) in [4.78, 5) is 20.6. The lowest BCUT2D eigenvalue weighted by atomic mass is 10.0. The fourth-order valence-corrected chi connectivity index (χ4v) is 4.58. The quantitative estimate of drug-likeness (QED) is 0.363. The van der Waals surface area contributed by atoms with Crippen LogP contribution in [-0.4, -0.2) is 28.1 Å². The predicted molar refractivity (Wildman–Crippen MR) is 124 cm³/mol. The number of benzene rings is 2. The lowest BCUT2D eigenvalue weighted by molar-refractivity contribution is 0.0952. The number of amides is 1. The van der Waals surface area contributed by atoms with Crippen LogP contribution in [0.25, 0.3) is 32.2 Å². The third kappa shape index (κ3) is 3.44. The molecule has 7 nitrogen and oxygen atoms in total. The van der Waals surface area contributed by atoms with Crippen LogP contribution >= 0.6 is 11.3 Å². The molecule has 3 heterocycles. The maximum Gasteiger partial charge on any atom is 0.253 e. The molecule has 0 fully saturated rings. The van der Waals surface area contributed by atoms with Crippen LogP contribution in [0.1, 0.15) is 27.4 Å². The van der Waals surface area contributed by atoms with Crippen LogP contribution in [0.4, 0.5) is 5.13 Å². The van der Waals surface area contributed by atoms with Gasteiger partial charge >= 0.3 is 0 Å². The maximum absolute atomic E-state index is 12.9. The van der Waals surface area contributed by atoms with Gasteiger partial charge in [-0.15, -0.1) is 0 Å². The standard InChI is InChI=1S/C23H21N5O2S/c1-12-17(13(2)30-28-12)10-26-22(29)18-11-25-19-6-4-14(8-16(18)19)15-5-7-20-21(9-15)31-23(24-3)27-20/h4-9,11,25H,10H2,1-3H3,(H,24,27)(H,26,29). The van der Waals surface area contributed by atoms with Crippen molar-refractivity contribution < 1.29 is 9.32 Å². The molecule has 0 aliphatic heterocycles. The smallest absolute Gasteiger partial charge is 0.253 e. The summed E-state index contributed by atoms with van der Waals surface area (Å²) in [6, 6.07) is 12.3. The van der Waals surface area contributed by atoms with Crippen molar-refractivity contribution in [2.45, 2.75) is 20.4 Å². The minimum atomic E-state index is -0.139. The molecule has 0 aliphatic carbocycles. The van der Waals surface area contributed by atoms with Gasteiger partial charge in [0.1, 0.15) is 5.76 Å². The van der Waals surface area contributed by atoms with Crippen LogP contribution in [0, 0.1) is 13.8 Å². The monoisotopic (exact) mass is 431 g/mol. The Bertz CT molecular complexity index is 1410. The van der Waals surface area contributed by atoms with Crippen LogP contribution < -0.4 is 10.6 Å². The molecule has 0 bridgehead atoms. The van der Waals surface area contributed by atoms with Crippen LogP contribution in [-0.2, 0) is 6.54 Å². The van der Waals surface area contributed by atoms with E-state index in [2.05, 4.69) is 50.0 Å². The fraction of sp³-hybridized carbons (Fsp3) is 0.174. The van der Waals surface area contributed by atoms with Gasteiger partial charge in [-0.25, -0.2) is 4.98 Å². The molecule has 5 aromatic rings. The molecule has 0 radical (unpaired) electrons. The minimum absolute atomic E-state index is 0.139. The zero-order valence-corrected chi connectivity index (χ0v) is 18.2. The number of H-pyrrole nitrogens is 1. The molecule has 2 aromatic carbocycles. The third-order valence-corrected chi connectivity index (χ3v) is 6.50. The Kier molecular flexibility index (Phi) is 4.71. The van der Waals surface area contributed by atoms with Gasteiger partial charge in [0.25, 0.3) is 5.91 Å². The molecule has 3 aromatic heterocycles. The molecule has 0 atom stereocenters. The normalized spacial score (nSPS) is 11.3. The largest absolute Gasteiger partial charge is 0.365 e. The molecule has 0 aliphatic rings. The molecule has 0 spiro atoms. The van der Waals surface area contributed by atoms with Gasteiger partial charge in [0, 0.05) is 36.3 Å². The summed E-state index contributed by atoms with van der Waals surface area (Å²) in [5.74, 6) is 0.582. The Hall–Kier alpha value is -3.65. The second-order valence-corrected chi connectivity index (χ2v) is 8.43. The van der Waals surface area contributed by atoms with E-state index in [0.29, 0.717) is 12.1 Å². The number of carbonyl (C=O) groups is 1. The second kappa shape index (κ2) is 7.55. The Labute approximate surface area is 182 Å². The average Bonchev–Trinajstić information content (AvgIpc) is 3.47. The van der Waals surface area contributed by atoms with E-state index in [1.165, 1.54) is 0 Å². The highest BCUT2D eigenvalue weighted by Gasteiger charge is 2.15. The van der Waals surface area contributed by atoms with Crippen LogP contribution in [0.3, 0.4) is 0 Å². The van der Waals surface area contributed by atoms with Crippen molar-refractivity contribution in [3.05, 3.63) is 65.2 Å². The van der Waals surface area contributed by atoms with Crippen molar-refractivity contribution in [3.63, 3.8) is 0 Å². The van der Waals surface area contributed by atoms with E-state index in [9.17, 15) is 4.79 Å². The highest BCUT2D eigenvalue weighted by atomic mass is 32.1. The van der Waals surface area contributed by atoms with E-state index >= 15 is 0 Å². The number of rotatable bonds is 5. The van der Waals surface area contributed by atoms with E-state index in [-0.39, 0.29) is 5.91 Å². The number of aromatic nitrogens is 3. The number of nitrogens with zero attached hydrogens (tertiary/aromatic N) is 2. The number of thiazole rings is 1. The van der Waals surface area contributed by atoms with E-state index in [1.807, 2.05) is 33.0 Å². The van der Waals surface area contributed by atoms with Crippen molar-refractivity contribution >= 4 is 43.5 Å². The summed E-state index contributed by atoms with van der Waals surface area (Å²) in [5.41, 5.74) is 6.34. The van der Waals surface area contributed by atoms with Gasteiger partial charge in [-0.1, -0.05) is 28.6 Å². The third-order valence-electron chi connectivity index (χ3n) is 5.47. The van der Waals surface area contributed by atoms with Crippen molar-refractivity contribution in [2.24, 2.45) is 0 Å². The number of aromatic amines is 1. The zero-order chi connectivity index (χ0) is 21.5. The van der Waals surface area contributed by atoms with Crippen LogP contribution in [0.5, 0.6) is 0 Å². The number of hydrogen-bond donors (Lipinski definition) is 3. The van der Waals surface area contributed by atoms with E-state index in [1.54, 1.807) is 17.5 Å². The van der Waals surface area contributed by atoms with Crippen molar-refractivity contribution in [2.75, 3.05) is 12.4 Å². The first-order valence-corrected chi connectivity index (χ1v) is 10.7. The molecule has 31 heavy (non-hydrogen) atoms. The van der Waals surface area contributed by atoms with Gasteiger partial charge in [0.15, 0.2) is 5.13 Å². The number of hydrogen-bond acceptors (Lipinski definition) is 6. The molecule has 1 amide bonds. The molecular weight excluding hydrogens is 410 g/mol. The summed E-state index contributed by atoms with van der Waals surface area (Å²) < 4.78 is 6.30. The lowest BCUT2D eigenvalue weighted by Crippen LogP contribution is -2.23. The van der Waals surface area contributed by atoms with Crippen LogP contribution in [0.15, 0.2) is 47.1 Å². The highest BCUT2D eigenvalue weighted by molar-refractivity contribution is 7.22. The molecule has 156 valence electrons. The summed E-state index contributed by atoms with van der Waals surface area (Å²) in [7, 11) is 1.87. The molecule has 0 unspecified atom stereocenters. The molecule has 8 heteroatoms. The van der Waals surface area contributed by atoms with Gasteiger partial charge < -0.3 is 20.1 Å². The topological polar surface area (TPSA) is 95.8 Å². The number of nitrogens with one attached hydrogen (secondary N) is 3. The van der Waals surface area contributed by atoms with Crippen molar-refractivity contribution in [1.82, 2.24) is 20.4 Å². The first kappa shape index (κ1) is 19.3. The van der Waals surface area contributed by atoms with Crippen LogP contribution in [0.2, 0.25) is 0 Å². The van der Waals surface area contributed by atoms with Gasteiger partial charge in [0.05, 0.1) is 21.5 Å². The van der Waals surface area contributed by atoms with Gasteiger partial charge in [-0.3, -0.25) is 4.79 Å². The van der Waals surface area contributed by atoms with Gasteiger partial charge in [-0.05, 0) is 49.2 Å².